The topological polar surface area (TPSA) is 35.2 Å². The Morgan fingerprint density at radius 3 is 2.50 bits per heavy atom. The van der Waals surface area contributed by atoms with Crippen molar-refractivity contribution in [3.8, 4) is 5.75 Å². The van der Waals surface area contributed by atoms with Crippen molar-refractivity contribution >= 4 is 17.4 Å². The van der Waals surface area contributed by atoms with Crippen molar-refractivity contribution in [2.24, 2.45) is 0 Å². The average molecular weight is 259 g/mol. The van der Waals surface area contributed by atoms with Crippen LogP contribution in [0.25, 0.3) is 0 Å². The summed E-state index contributed by atoms with van der Waals surface area (Å²) in [5.41, 5.74) is 9.34. The third kappa shape index (κ3) is 3.20. The van der Waals surface area contributed by atoms with Gasteiger partial charge < -0.3 is 10.5 Å². The van der Waals surface area contributed by atoms with Crippen LogP contribution in [0.15, 0.2) is 47.4 Å². The number of hydrogen-bond acceptors (Lipinski definition) is 3. The van der Waals surface area contributed by atoms with Crippen molar-refractivity contribution in [3.05, 3.63) is 53.6 Å². The molecule has 18 heavy (non-hydrogen) atoms. The van der Waals surface area contributed by atoms with E-state index in [0.717, 1.165) is 22.1 Å². The fourth-order valence-corrected chi connectivity index (χ4v) is 2.56. The molecule has 0 aliphatic heterocycles. The maximum atomic E-state index is 5.96. The van der Waals surface area contributed by atoms with Crippen molar-refractivity contribution in [1.82, 2.24) is 0 Å². The van der Waals surface area contributed by atoms with Crippen LogP contribution in [-0.4, -0.2) is 7.11 Å². The molecular weight excluding hydrogens is 242 g/mol. The summed E-state index contributed by atoms with van der Waals surface area (Å²) >= 11 is 1.73. The Balaban J connectivity index is 2.07. The van der Waals surface area contributed by atoms with E-state index >= 15 is 0 Å². The molecule has 0 heterocycles. The van der Waals surface area contributed by atoms with Gasteiger partial charge in [-0.05, 0) is 30.7 Å². The van der Waals surface area contributed by atoms with Gasteiger partial charge in [0.15, 0.2) is 0 Å². The van der Waals surface area contributed by atoms with E-state index in [4.69, 9.17) is 10.5 Å². The SMILES string of the molecule is COc1ccc(N)c(SCc2ccc(C)cc2)c1. The Kier molecular flexibility index (Phi) is 4.15. The van der Waals surface area contributed by atoms with E-state index in [1.54, 1.807) is 18.9 Å². The van der Waals surface area contributed by atoms with Gasteiger partial charge in [-0.15, -0.1) is 11.8 Å². The highest BCUT2D eigenvalue weighted by atomic mass is 32.2. The van der Waals surface area contributed by atoms with E-state index in [2.05, 4.69) is 31.2 Å². The van der Waals surface area contributed by atoms with Crippen LogP contribution in [0, 0.1) is 6.92 Å². The van der Waals surface area contributed by atoms with Gasteiger partial charge in [-0.25, -0.2) is 0 Å². The molecule has 0 aromatic heterocycles. The van der Waals surface area contributed by atoms with Crippen LogP contribution in [0.5, 0.6) is 5.75 Å². The Morgan fingerprint density at radius 2 is 1.83 bits per heavy atom. The van der Waals surface area contributed by atoms with Crippen LogP contribution in [-0.2, 0) is 5.75 Å². The summed E-state index contributed by atoms with van der Waals surface area (Å²) in [4.78, 5) is 1.06. The molecule has 0 aliphatic carbocycles. The smallest absolute Gasteiger partial charge is 0.120 e. The second-order valence-corrected chi connectivity index (χ2v) is 5.20. The molecule has 0 spiro atoms. The van der Waals surface area contributed by atoms with Gasteiger partial charge in [0.25, 0.3) is 0 Å². The third-order valence-corrected chi connectivity index (χ3v) is 3.88. The summed E-state index contributed by atoms with van der Waals surface area (Å²) in [6, 6.07) is 14.3. The summed E-state index contributed by atoms with van der Waals surface area (Å²) in [6.45, 7) is 2.09. The number of anilines is 1. The Hall–Kier alpha value is -1.61. The zero-order valence-electron chi connectivity index (χ0n) is 10.6. The van der Waals surface area contributed by atoms with E-state index < -0.39 is 0 Å². The van der Waals surface area contributed by atoms with E-state index in [1.807, 2.05) is 18.2 Å². The lowest BCUT2D eigenvalue weighted by Gasteiger charge is -2.08. The van der Waals surface area contributed by atoms with Gasteiger partial charge in [-0.2, -0.15) is 0 Å². The quantitative estimate of drug-likeness (QED) is 0.668. The van der Waals surface area contributed by atoms with Gasteiger partial charge in [0.05, 0.1) is 7.11 Å². The van der Waals surface area contributed by atoms with Crippen LogP contribution < -0.4 is 10.5 Å². The molecule has 0 bridgehead atoms. The molecule has 0 fully saturated rings. The number of methoxy groups -OCH3 is 1. The molecule has 0 radical (unpaired) electrons. The predicted octanol–water partition coefficient (Wildman–Crippen LogP) is 3.88. The molecule has 2 nitrogen and oxygen atoms in total. The van der Waals surface area contributed by atoms with E-state index in [0.29, 0.717) is 0 Å². The first kappa shape index (κ1) is 12.8. The van der Waals surface area contributed by atoms with Gasteiger partial charge in [0.1, 0.15) is 5.75 Å². The van der Waals surface area contributed by atoms with Crippen molar-refractivity contribution in [3.63, 3.8) is 0 Å². The molecular formula is C15H17NOS. The maximum Gasteiger partial charge on any atom is 0.120 e. The Bertz CT molecular complexity index is 523. The van der Waals surface area contributed by atoms with Crippen LogP contribution in [0.3, 0.4) is 0 Å². The molecule has 3 heteroatoms. The molecule has 0 amide bonds. The lowest BCUT2D eigenvalue weighted by molar-refractivity contribution is 0.414. The van der Waals surface area contributed by atoms with Gasteiger partial charge in [0.2, 0.25) is 0 Å². The molecule has 2 aromatic carbocycles. The molecule has 2 N–H and O–H groups in total. The number of ether oxygens (including phenoxy) is 1. The van der Waals surface area contributed by atoms with Crippen LogP contribution in [0.4, 0.5) is 5.69 Å². The first-order chi connectivity index (χ1) is 8.69. The Labute approximate surface area is 112 Å². The zero-order chi connectivity index (χ0) is 13.0. The van der Waals surface area contributed by atoms with Crippen LogP contribution >= 0.6 is 11.8 Å². The highest BCUT2D eigenvalue weighted by molar-refractivity contribution is 7.98. The minimum absolute atomic E-state index is 0.799. The molecule has 2 aromatic rings. The summed E-state index contributed by atoms with van der Waals surface area (Å²) in [6.07, 6.45) is 0. The monoisotopic (exact) mass is 259 g/mol. The van der Waals surface area contributed by atoms with Gasteiger partial charge >= 0.3 is 0 Å². The van der Waals surface area contributed by atoms with E-state index in [-0.39, 0.29) is 0 Å². The number of benzene rings is 2. The number of hydrogen-bond donors (Lipinski definition) is 1. The van der Waals surface area contributed by atoms with Gasteiger partial charge in [-0.1, -0.05) is 29.8 Å². The fourth-order valence-electron chi connectivity index (χ4n) is 1.61. The molecule has 2 rings (SSSR count). The second-order valence-electron chi connectivity index (χ2n) is 4.18. The van der Waals surface area contributed by atoms with Crippen molar-refractivity contribution in [1.29, 1.82) is 0 Å². The van der Waals surface area contributed by atoms with Crippen molar-refractivity contribution in [2.45, 2.75) is 17.6 Å². The van der Waals surface area contributed by atoms with Crippen LogP contribution in [0.1, 0.15) is 11.1 Å². The molecule has 0 atom stereocenters. The molecule has 94 valence electrons. The summed E-state index contributed by atoms with van der Waals surface area (Å²) in [5.74, 6) is 1.76. The minimum Gasteiger partial charge on any atom is -0.497 e. The first-order valence-corrected chi connectivity index (χ1v) is 6.79. The van der Waals surface area contributed by atoms with Crippen molar-refractivity contribution in [2.75, 3.05) is 12.8 Å². The highest BCUT2D eigenvalue weighted by Crippen LogP contribution is 2.31. The first-order valence-electron chi connectivity index (χ1n) is 5.81. The molecule has 0 unspecified atom stereocenters. The predicted molar refractivity (Wildman–Crippen MR) is 78.1 cm³/mol. The number of aryl methyl sites for hydroxylation is 1. The molecule has 0 saturated carbocycles. The Morgan fingerprint density at radius 1 is 1.11 bits per heavy atom. The lowest BCUT2D eigenvalue weighted by atomic mass is 10.2. The summed E-state index contributed by atoms with van der Waals surface area (Å²) in [7, 11) is 1.67. The van der Waals surface area contributed by atoms with Gasteiger partial charge in [-0.3, -0.25) is 0 Å². The lowest BCUT2D eigenvalue weighted by Crippen LogP contribution is -1.91. The van der Waals surface area contributed by atoms with Crippen LogP contribution in [0.2, 0.25) is 0 Å². The van der Waals surface area contributed by atoms with Crippen molar-refractivity contribution < 1.29 is 4.74 Å². The highest BCUT2D eigenvalue weighted by Gasteiger charge is 2.03. The zero-order valence-corrected chi connectivity index (χ0v) is 11.5. The third-order valence-electron chi connectivity index (χ3n) is 2.74. The largest absolute Gasteiger partial charge is 0.497 e. The molecule has 0 saturated heterocycles. The van der Waals surface area contributed by atoms with E-state index in [9.17, 15) is 0 Å². The molecule has 0 aliphatic rings. The number of nitrogens with two attached hydrogens (primary N) is 1. The average Bonchev–Trinajstić information content (AvgIpc) is 2.40. The minimum atomic E-state index is 0.799. The summed E-state index contributed by atoms with van der Waals surface area (Å²) < 4.78 is 5.21. The normalized spacial score (nSPS) is 10.3. The fraction of sp³-hybridized carbons (Fsp3) is 0.200. The number of rotatable bonds is 4. The number of nitrogen functional groups attached to an aromatic ring is 1. The van der Waals surface area contributed by atoms with Gasteiger partial charge in [0, 0.05) is 16.3 Å². The van der Waals surface area contributed by atoms with E-state index in [1.165, 1.54) is 11.1 Å². The second kappa shape index (κ2) is 5.83. The standard InChI is InChI=1S/C15H17NOS/c1-11-3-5-12(6-4-11)10-18-15-9-13(17-2)7-8-14(15)16/h3-9H,10,16H2,1-2H3. The number of thioether (sulfide) groups is 1. The summed E-state index contributed by atoms with van der Waals surface area (Å²) in [5, 5.41) is 0. The maximum absolute atomic E-state index is 5.96.